The molecule has 1 aliphatic heterocycles. The van der Waals surface area contributed by atoms with E-state index in [2.05, 4.69) is 36.2 Å². The molecule has 6 heteroatoms. The molecule has 2 amide bonds. The van der Waals surface area contributed by atoms with E-state index in [9.17, 15) is 9.59 Å². The van der Waals surface area contributed by atoms with Crippen molar-refractivity contribution in [2.24, 2.45) is 0 Å². The van der Waals surface area contributed by atoms with Crippen molar-refractivity contribution >= 4 is 17.7 Å². The fourth-order valence-corrected chi connectivity index (χ4v) is 5.24. The van der Waals surface area contributed by atoms with Crippen LogP contribution in [0, 0.1) is 0 Å². The third kappa shape index (κ3) is 7.01. The van der Waals surface area contributed by atoms with E-state index < -0.39 is 0 Å². The number of nitrogens with one attached hydrogen (secondary N) is 1. The minimum Gasteiger partial charge on any atom is -0.465 e. The Bertz CT molecular complexity index is 1170. The topological polar surface area (TPSA) is 61.9 Å². The second-order valence-electron chi connectivity index (χ2n) is 10.1. The van der Waals surface area contributed by atoms with Gasteiger partial charge < -0.3 is 19.9 Å². The van der Waals surface area contributed by atoms with Gasteiger partial charge in [0, 0.05) is 37.4 Å². The highest BCUT2D eigenvalue weighted by Crippen LogP contribution is 2.25. The standard InChI is InChI=1S/C32H39N3O3/c1-4-8-24(2)34-21-19-30(20-22-34)35(23-25-9-6-5-7-10-25)32(37)33-29-17-15-27(16-18-29)26-11-13-28(14-12-26)31(36)38-3/h5-7,9-18,24,30H,4,8,19-23H2,1-3H3,(H,33,37). The molecule has 1 atom stereocenters. The molecule has 0 bridgehead atoms. The average molecular weight is 514 g/mol. The predicted octanol–water partition coefficient (Wildman–Crippen LogP) is 6.83. The van der Waals surface area contributed by atoms with Gasteiger partial charge >= 0.3 is 12.0 Å². The second kappa shape index (κ2) is 13.2. The zero-order chi connectivity index (χ0) is 26.9. The van der Waals surface area contributed by atoms with Gasteiger partial charge in [-0.15, -0.1) is 0 Å². The molecule has 3 aromatic carbocycles. The van der Waals surface area contributed by atoms with Crippen LogP contribution in [0.15, 0.2) is 78.9 Å². The van der Waals surface area contributed by atoms with E-state index in [1.54, 1.807) is 12.1 Å². The number of rotatable bonds is 9. The fraction of sp³-hybridized carbons (Fsp3) is 0.375. The number of anilines is 1. The monoisotopic (exact) mass is 513 g/mol. The molecule has 6 nitrogen and oxygen atoms in total. The number of likely N-dealkylation sites (tertiary alicyclic amines) is 1. The van der Waals surface area contributed by atoms with Gasteiger partial charge in [0.25, 0.3) is 0 Å². The molecule has 0 radical (unpaired) electrons. The molecule has 0 spiro atoms. The molecule has 1 fully saturated rings. The number of hydrogen-bond donors (Lipinski definition) is 1. The van der Waals surface area contributed by atoms with Crippen molar-refractivity contribution < 1.29 is 14.3 Å². The Morgan fingerprint density at radius 1 is 0.947 bits per heavy atom. The lowest BCUT2D eigenvalue weighted by atomic mass is 10.00. The number of carbonyl (C=O) groups is 2. The Morgan fingerprint density at radius 3 is 2.13 bits per heavy atom. The highest BCUT2D eigenvalue weighted by atomic mass is 16.5. The molecule has 38 heavy (non-hydrogen) atoms. The zero-order valence-corrected chi connectivity index (χ0v) is 22.7. The van der Waals surface area contributed by atoms with Gasteiger partial charge in [-0.3, -0.25) is 0 Å². The van der Waals surface area contributed by atoms with Gasteiger partial charge in [-0.05, 0) is 67.1 Å². The van der Waals surface area contributed by atoms with Crippen molar-refractivity contribution in [3.63, 3.8) is 0 Å². The van der Waals surface area contributed by atoms with E-state index in [1.807, 2.05) is 59.5 Å². The van der Waals surface area contributed by atoms with Crippen molar-refractivity contribution in [2.75, 3.05) is 25.5 Å². The third-order valence-corrected chi connectivity index (χ3v) is 7.50. The summed E-state index contributed by atoms with van der Waals surface area (Å²) in [6.07, 6.45) is 4.37. The summed E-state index contributed by atoms with van der Waals surface area (Å²) in [6.45, 7) is 7.19. The molecule has 1 N–H and O–H groups in total. The van der Waals surface area contributed by atoms with Crippen LogP contribution in [0.5, 0.6) is 0 Å². The number of piperidine rings is 1. The number of nitrogens with zero attached hydrogens (tertiary/aromatic N) is 2. The largest absolute Gasteiger partial charge is 0.465 e. The molecular weight excluding hydrogens is 474 g/mol. The van der Waals surface area contributed by atoms with E-state index in [4.69, 9.17) is 4.74 Å². The lowest BCUT2D eigenvalue weighted by Crippen LogP contribution is -2.50. The molecule has 1 saturated heterocycles. The molecule has 200 valence electrons. The Morgan fingerprint density at radius 2 is 1.55 bits per heavy atom. The van der Waals surface area contributed by atoms with Gasteiger partial charge in [-0.1, -0.05) is 67.9 Å². The Kier molecular flexibility index (Phi) is 9.55. The first-order valence-corrected chi connectivity index (χ1v) is 13.6. The van der Waals surface area contributed by atoms with E-state index in [0.717, 1.165) is 48.3 Å². The number of urea groups is 1. The lowest BCUT2D eigenvalue weighted by Gasteiger charge is -2.40. The molecule has 1 heterocycles. The molecule has 0 saturated carbocycles. The van der Waals surface area contributed by atoms with Crippen LogP contribution in [-0.2, 0) is 11.3 Å². The Balaban J connectivity index is 1.44. The summed E-state index contributed by atoms with van der Waals surface area (Å²) < 4.78 is 4.77. The van der Waals surface area contributed by atoms with Crippen molar-refractivity contribution in [3.8, 4) is 11.1 Å². The fourth-order valence-electron chi connectivity index (χ4n) is 5.24. The van der Waals surface area contributed by atoms with E-state index in [1.165, 1.54) is 20.0 Å². The summed E-state index contributed by atoms with van der Waals surface area (Å²) >= 11 is 0. The summed E-state index contributed by atoms with van der Waals surface area (Å²) in [5, 5.41) is 3.14. The van der Waals surface area contributed by atoms with Crippen LogP contribution in [-0.4, -0.2) is 54.1 Å². The van der Waals surface area contributed by atoms with Crippen LogP contribution in [0.2, 0.25) is 0 Å². The number of benzene rings is 3. The predicted molar refractivity (Wildman–Crippen MR) is 153 cm³/mol. The third-order valence-electron chi connectivity index (χ3n) is 7.50. The molecule has 0 aliphatic carbocycles. The van der Waals surface area contributed by atoms with Crippen molar-refractivity contribution in [1.82, 2.24) is 9.80 Å². The summed E-state index contributed by atoms with van der Waals surface area (Å²) in [5.74, 6) is -0.351. The van der Waals surface area contributed by atoms with E-state index in [-0.39, 0.29) is 18.0 Å². The van der Waals surface area contributed by atoms with Gasteiger partial charge in [0.05, 0.1) is 12.7 Å². The van der Waals surface area contributed by atoms with Crippen LogP contribution in [0.4, 0.5) is 10.5 Å². The molecule has 1 aliphatic rings. The van der Waals surface area contributed by atoms with Crippen LogP contribution >= 0.6 is 0 Å². The minimum atomic E-state index is -0.351. The minimum absolute atomic E-state index is 0.0657. The van der Waals surface area contributed by atoms with Gasteiger partial charge in [-0.2, -0.15) is 0 Å². The SMILES string of the molecule is CCCC(C)N1CCC(N(Cc2ccccc2)C(=O)Nc2ccc(-c3ccc(C(=O)OC)cc3)cc2)CC1. The van der Waals surface area contributed by atoms with Gasteiger partial charge in [0.15, 0.2) is 0 Å². The first-order valence-electron chi connectivity index (χ1n) is 13.6. The van der Waals surface area contributed by atoms with Crippen LogP contribution in [0.1, 0.15) is 55.5 Å². The van der Waals surface area contributed by atoms with Crippen molar-refractivity contribution in [2.45, 2.75) is 58.2 Å². The number of carbonyl (C=O) groups excluding carboxylic acids is 2. The summed E-state index contributed by atoms with van der Waals surface area (Å²) in [7, 11) is 1.38. The number of hydrogen-bond acceptors (Lipinski definition) is 4. The van der Waals surface area contributed by atoms with Crippen molar-refractivity contribution in [3.05, 3.63) is 90.0 Å². The van der Waals surface area contributed by atoms with Gasteiger partial charge in [0.1, 0.15) is 0 Å². The highest BCUT2D eigenvalue weighted by Gasteiger charge is 2.29. The summed E-state index contributed by atoms with van der Waals surface area (Å²) in [6, 6.07) is 26.1. The van der Waals surface area contributed by atoms with E-state index in [0.29, 0.717) is 18.2 Å². The van der Waals surface area contributed by atoms with Gasteiger partial charge in [-0.25, -0.2) is 9.59 Å². The second-order valence-corrected chi connectivity index (χ2v) is 10.1. The Hall–Kier alpha value is -3.64. The normalized spacial score (nSPS) is 15.0. The highest BCUT2D eigenvalue weighted by molar-refractivity contribution is 5.91. The molecule has 1 unspecified atom stereocenters. The zero-order valence-electron chi connectivity index (χ0n) is 22.7. The quantitative estimate of drug-likeness (QED) is 0.319. The maximum Gasteiger partial charge on any atom is 0.337 e. The Labute approximate surface area is 226 Å². The first kappa shape index (κ1) is 27.4. The maximum absolute atomic E-state index is 13.6. The molecule has 3 aromatic rings. The van der Waals surface area contributed by atoms with Crippen LogP contribution in [0.25, 0.3) is 11.1 Å². The molecule has 0 aromatic heterocycles. The number of methoxy groups -OCH3 is 1. The summed E-state index contributed by atoms with van der Waals surface area (Å²) in [5.41, 5.74) is 4.41. The lowest BCUT2D eigenvalue weighted by molar-refractivity contribution is 0.0600. The first-order chi connectivity index (χ1) is 18.5. The average Bonchev–Trinajstić information content (AvgIpc) is 2.96. The summed E-state index contributed by atoms with van der Waals surface area (Å²) in [4.78, 5) is 29.8. The molecule has 4 rings (SSSR count). The number of ether oxygens (including phenoxy) is 1. The maximum atomic E-state index is 13.6. The van der Waals surface area contributed by atoms with Gasteiger partial charge in [0.2, 0.25) is 0 Å². The smallest absolute Gasteiger partial charge is 0.337 e. The van der Waals surface area contributed by atoms with Crippen LogP contribution < -0.4 is 5.32 Å². The number of esters is 1. The van der Waals surface area contributed by atoms with E-state index >= 15 is 0 Å². The van der Waals surface area contributed by atoms with Crippen LogP contribution in [0.3, 0.4) is 0 Å². The van der Waals surface area contributed by atoms with Crippen molar-refractivity contribution in [1.29, 1.82) is 0 Å². The number of amides is 2. The molecular formula is C32H39N3O3.